The molecule has 2 aromatic rings. The fraction of sp³-hybridized carbons (Fsp3) is 0.556. The smallest absolute Gasteiger partial charge is 0.224 e. The van der Waals surface area contributed by atoms with Crippen molar-refractivity contribution < 1.29 is 9.63 Å². The number of nitrogens with one attached hydrogen (secondary N) is 2. The first-order valence-corrected chi connectivity index (χ1v) is 8.82. The van der Waals surface area contributed by atoms with Gasteiger partial charge in [0.2, 0.25) is 5.95 Å². The highest BCUT2D eigenvalue weighted by Crippen LogP contribution is 2.36. The molecule has 1 aliphatic rings. The Hall–Kier alpha value is -2.66. The zero-order chi connectivity index (χ0) is 18.6. The Morgan fingerprint density at radius 2 is 2.23 bits per heavy atom. The minimum absolute atomic E-state index is 0.157. The molecule has 0 aliphatic heterocycles. The molecule has 0 radical (unpaired) electrons. The van der Waals surface area contributed by atoms with E-state index in [1.54, 1.807) is 12.5 Å². The second-order valence-corrected chi connectivity index (χ2v) is 7.40. The Bertz CT molecular complexity index is 768. The zero-order valence-electron chi connectivity index (χ0n) is 15.1. The second kappa shape index (κ2) is 7.70. The van der Waals surface area contributed by atoms with Crippen molar-refractivity contribution in [2.24, 2.45) is 5.41 Å². The van der Waals surface area contributed by atoms with Crippen LogP contribution < -0.4 is 10.6 Å². The number of nitriles is 1. The largest absolute Gasteiger partial charge is 0.393 e. The zero-order valence-corrected chi connectivity index (χ0v) is 15.1. The van der Waals surface area contributed by atoms with E-state index in [9.17, 15) is 10.4 Å². The first-order chi connectivity index (χ1) is 12.5. The lowest BCUT2D eigenvalue weighted by atomic mass is 9.73. The SMILES string of the molecule is CC1(C)C[C@H](Nc2nc(NCCc3cnoc3)ncc2C#N)CC[C@@H]1O. The molecule has 8 nitrogen and oxygen atoms in total. The fourth-order valence-electron chi connectivity index (χ4n) is 3.27. The van der Waals surface area contributed by atoms with Gasteiger partial charge < -0.3 is 20.3 Å². The van der Waals surface area contributed by atoms with Crippen molar-refractivity contribution in [3.63, 3.8) is 0 Å². The Morgan fingerprint density at radius 1 is 1.38 bits per heavy atom. The van der Waals surface area contributed by atoms with Crippen molar-refractivity contribution in [2.45, 2.75) is 51.7 Å². The van der Waals surface area contributed by atoms with Crippen LogP contribution in [0, 0.1) is 16.7 Å². The number of hydrogen-bond donors (Lipinski definition) is 3. The monoisotopic (exact) mass is 356 g/mol. The minimum atomic E-state index is -0.295. The summed E-state index contributed by atoms with van der Waals surface area (Å²) < 4.78 is 4.80. The number of aromatic nitrogens is 3. The molecule has 1 fully saturated rings. The van der Waals surface area contributed by atoms with Crippen LogP contribution in [0.3, 0.4) is 0 Å². The average molecular weight is 356 g/mol. The van der Waals surface area contributed by atoms with Gasteiger partial charge in [0.05, 0.1) is 18.5 Å². The van der Waals surface area contributed by atoms with Gasteiger partial charge in [0.15, 0.2) is 0 Å². The van der Waals surface area contributed by atoms with Crippen molar-refractivity contribution in [1.82, 2.24) is 15.1 Å². The molecule has 2 heterocycles. The van der Waals surface area contributed by atoms with E-state index in [4.69, 9.17) is 4.52 Å². The van der Waals surface area contributed by atoms with Crippen LogP contribution in [-0.2, 0) is 6.42 Å². The van der Waals surface area contributed by atoms with Gasteiger partial charge >= 0.3 is 0 Å². The highest BCUT2D eigenvalue weighted by Gasteiger charge is 2.35. The molecule has 0 saturated heterocycles. The maximum Gasteiger partial charge on any atom is 0.224 e. The highest BCUT2D eigenvalue weighted by atomic mass is 16.5. The van der Waals surface area contributed by atoms with E-state index in [1.807, 2.05) is 0 Å². The van der Waals surface area contributed by atoms with E-state index in [2.05, 4.69) is 45.7 Å². The fourth-order valence-corrected chi connectivity index (χ4v) is 3.27. The Kier molecular flexibility index (Phi) is 5.38. The maximum absolute atomic E-state index is 10.1. The molecule has 0 spiro atoms. The predicted octanol–water partition coefficient (Wildman–Crippen LogP) is 2.34. The van der Waals surface area contributed by atoms with E-state index in [1.165, 1.54) is 6.20 Å². The van der Waals surface area contributed by atoms with Gasteiger partial charge in [-0.25, -0.2) is 4.98 Å². The summed E-state index contributed by atoms with van der Waals surface area (Å²) in [4.78, 5) is 8.66. The third kappa shape index (κ3) is 4.29. The van der Waals surface area contributed by atoms with Crippen molar-refractivity contribution >= 4 is 11.8 Å². The molecule has 3 N–H and O–H groups in total. The number of aliphatic hydroxyl groups is 1. The Balaban J connectivity index is 1.65. The average Bonchev–Trinajstić information content (AvgIpc) is 3.12. The summed E-state index contributed by atoms with van der Waals surface area (Å²) in [5.41, 5.74) is 1.25. The summed E-state index contributed by atoms with van der Waals surface area (Å²) in [6.07, 6.45) is 7.65. The molecule has 26 heavy (non-hydrogen) atoms. The van der Waals surface area contributed by atoms with Crippen LogP contribution in [0.5, 0.6) is 0 Å². The summed E-state index contributed by atoms with van der Waals surface area (Å²) in [5, 5.41) is 29.6. The molecule has 0 bridgehead atoms. The molecule has 1 aliphatic carbocycles. The van der Waals surface area contributed by atoms with E-state index in [-0.39, 0.29) is 17.6 Å². The minimum Gasteiger partial charge on any atom is -0.393 e. The lowest BCUT2D eigenvalue weighted by Gasteiger charge is -2.40. The van der Waals surface area contributed by atoms with Crippen LogP contribution in [0.2, 0.25) is 0 Å². The molecule has 0 unspecified atom stereocenters. The lowest BCUT2D eigenvalue weighted by molar-refractivity contribution is 0.00926. The molecular formula is C18H24N6O2. The van der Waals surface area contributed by atoms with Crippen LogP contribution in [0.15, 0.2) is 23.2 Å². The molecule has 2 aromatic heterocycles. The Morgan fingerprint density at radius 3 is 2.92 bits per heavy atom. The second-order valence-electron chi connectivity index (χ2n) is 7.40. The van der Waals surface area contributed by atoms with Crippen LogP contribution in [-0.4, -0.2) is 38.9 Å². The van der Waals surface area contributed by atoms with Crippen molar-refractivity contribution in [1.29, 1.82) is 5.26 Å². The van der Waals surface area contributed by atoms with Gasteiger partial charge in [-0.15, -0.1) is 0 Å². The molecule has 138 valence electrons. The summed E-state index contributed by atoms with van der Waals surface area (Å²) in [5.74, 6) is 1.00. The third-order valence-electron chi connectivity index (χ3n) is 4.89. The van der Waals surface area contributed by atoms with Gasteiger partial charge in [-0.3, -0.25) is 0 Å². The van der Waals surface area contributed by atoms with E-state index < -0.39 is 0 Å². The molecular weight excluding hydrogens is 332 g/mol. The Labute approximate surface area is 152 Å². The van der Waals surface area contributed by atoms with Crippen LogP contribution in [0.1, 0.15) is 44.2 Å². The van der Waals surface area contributed by atoms with Crippen LogP contribution in [0.4, 0.5) is 11.8 Å². The number of anilines is 2. The van der Waals surface area contributed by atoms with Crippen molar-refractivity contribution in [2.75, 3.05) is 17.2 Å². The third-order valence-corrected chi connectivity index (χ3v) is 4.89. The molecule has 2 atom stereocenters. The van der Waals surface area contributed by atoms with E-state index in [0.717, 1.165) is 31.2 Å². The molecule has 0 aromatic carbocycles. The summed E-state index contributed by atoms with van der Waals surface area (Å²) in [6.45, 7) is 4.76. The van der Waals surface area contributed by atoms with Crippen molar-refractivity contribution in [3.8, 4) is 6.07 Å². The van der Waals surface area contributed by atoms with Gasteiger partial charge in [-0.05, 0) is 31.1 Å². The summed E-state index contributed by atoms with van der Waals surface area (Å²) in [6, 6.07) is 2.30. The van der Waals surface area contributed by atoms with Gasteiger partial charge in [0, 0.05) is 18.2 Å². The van der Waals surface area contributed by atoms with Gasteiger partial charge in [0.1, 0.15) is 23.7 Å². The predicted molar refractivity (Wildman–Crippen MR) is 96.5 cm³/mol. The number of rotatable bonds is 6. The van der Waals surface area contributed by atoms with Gasteiger partial charge in [-0.2, -0.15) is 10.2 Å². The number of hydrogen-bond acceptors (Lipinski definition) is 8. The van der Waals surface area contributed by atoms with Crippen LogP contribution >= 0.6 is 0 Å². The summed E-state index contributed by atoms with van der Waals surface area (Å²) in [7, 11) is 0. The topological polar surface area (TPSA) is 120 Å². The molecule has 0 amide bonds. The number of aliphatic hydroxyl groups excluding tert-OH is 1. The van der Waals surface area contributed by atoms with E-state index >= 15 is 0 Å². The first-order valence-electron chi connectivity index (χ1n) is 8.82. The maximum atomic E-state index is 10.1. The van der Waals surface area contributed by atoms with Gasteiger partial charge in [-0.1, -0.05) is 19.0 Å². The summed E-state index contributed by atoms with van der Waals surface area (Å²) >= 11 is 0. The normalized spacial score (nSPS) is 21.8. The van der Waals surface area contributed by atoms with Crippen LogP contribution in [0.25, 0.3) is 0 Å². The molecule has 8 heteroatoms. The lowest BCUT2D eigenvalue weighted by Crippen LogP contribution is -2.41. The first kappa shape index (κ1) is 18.1. The molecule has 3 rings (SSSR count). The number of nitrogens with zero attached hydrogens (tertiary/aromatic N) is 4. The van der Waals surface area contributed by atoms with Crippen molar-refractivity contribution in [3.05, 3.63) is 29.8 Å². The van der Waals surface area contributed by atoms with E-state index in [0.29, 0.717) is 23.9 Å². The standard InChI is InChI=1S/C18H24N6O2/c1-18(2)7-14(3-4-15(18)25)23-16-13(8-19)10-21-17(24-16)20-6-5-12-9-22-26-11-12/h9-11,14-15,25H,3-7H2,1-2H3,(H2,20,21,23,24)/t14-,15+/m1/s1. The highest BCUT2D eigenvalue weighted by molar-refractivity contribution is 5.54. The quantitative estimate of drug-likeness (QED) is 0.721. The van der Waals surface area contributed by atoms with Gasteiger partial charge in [0.25, 0.3) is 0 Å². The molecule has 1 saturated carbocycles.